The summed E-state index contributed by atoms with van der Waals surface area (Å²) in [4.78, 5) is 11.0. The van der Waals surface area contributed by atoms with Gasteiger partial charge in [0.25, 0.3) is 11.4 Å². The molecule has 1 aliphatic heterocycles. The van der Waals surface area contributed by atoms with Gasteiger partial charge >= 0.3 is 0 Å². The number of nitrogens with one attached hydrogen (secondary N) is 1. The lowest BCUT2D eigenvalue weighted by Crippen LogP contribution is -2.10. The molecule has 2 heterocycles. The number of hydrogen-bond donors (Lipinski definition) is 1. The summed E-state index contributed by atoms with van der Waals surface area (Å²) in [5, 5.41) is 6.01. The molecule has 1 aliphatic rings. The average Bonchev–Trinajstić information content (AvgIpc) is 2.26. The van der Waals surface area contributed by atoms with Gasteiger partial charge in [-0.2, -0.15) is 0 Å². The molecule has 74 valence electrons. The van der Waals surface area contributed by atoms with E-state index < -0.39 is 0 Å². The number of rotatable bonds is 0. The van der Waals surface area contributed by atoms with E-state index in [1.807, 2.05) is 12.1 Å². The van der Waals surface area contributed by atoms with Crippen LogP contribution in [-0.2, 0) is 0 Å². The molecule has 0 amide bonds. The molecule has 3 rings (SSSR count). The Labute approximate surface area is 84.3 Å². The SMILES string of the molecule is O=c1cc2c(n[nH]1)Oc1ccccc1O2. The first kappa shape index (κ1) is 8.05. The van der Waals surface area contributed by atoms with Gasteiger partial charge in [-0.1, -0.05) is 12.1 Å². The fourth-order valence-corrected chi connectivity index (χ4v) is 1.36. The van der Waals surface area contributed by atoms with E-state index in [0.717, 1.165) is 0 Å². The number of hydrogen-bond acceptors (Lipinski definition) is 4. The summed E-state index contributed by atoms with van der Waals surface area (Å²) in [6.07, 6.45) is 0. The Kier molecular flexibility index (Phi) is 1.53. The van der Waals surface area contributed by atoms with Crippen LogP contribution < -0.4 is 15.0 Å². The Hall–Kier alpha value is -2.30. The van der Waals surface area contributed by atoms with Crippen molar-refractivity contribution in [3.8, 4) is 23.1 Å². The number of ether oxygens (including phenoxy) is 2. The molecular weight excluding hydrogens is 196 g/mol. The van der Waals surface area contributed by atoms with E-state index in [0.29, 0.717) is 17.2 Å². The van der Waals surface area contributed by atoms with Gasteiger partial charge in [-0.3, -0.25) is 4.79 Å². The van der Waals surface area contributed by atoms with Gasteiger partial charge in [0.15, 0.2) is 17.2 Å². The molecule has 0 radical (unpaired) electrons. The van der Waals surface area contributed by atoms with Crippen LogP contribution in [0.5, 0.6) is 23.1 Å². The maximum atomic E-state index is 11.0. The van der Waals surface area contributed by atoms with Crippen LogP contribution in [0.4, 0.5) is 0 Å². The maximum absolute atomic E-state index is 11.0. The van der Waals surface area contributed by atoms with E-state index in [4.69, 9.17) is 9.47 Å². The second-order valence-electron chi connectivity index (χ2n) is 3.05. The van der Waals surface area contributed by atoms with Gasteiger partial charge in [-0.05, 0) is 12.1 Å². The lowest BCUT2D eigenvalue weighted by Gasteiger charge is -2.17. The van der Waals surface area contributed by atoms with Crippen molar-refractivity contribution < 1.29 is 9.47 Å². The number of para-hydroxylation sites is 2. The van der Waals surface area contributed by atoms with Crippen LogP contribution in [0, 0.1) is 0 Å². The molecule has 1 N–H and O–H groups in total. The maximum Gasteiger partial charge on any atom is 0.280 e. The summed E-state index contributed by atoms with van der Waals surface area (Å²) >= 11 is 0. The predicted octanol–water partition coefficient (Wildman–Crippen LogP) is 1.67. The number of aromatic amines is 1. The van der Waals surface area contributed by atoms with Crippen molar-refractivity contribution in [2.75, 3.05) is 0 Å². The Morgan fingerprint density at radius 1 is 1.07 bits per heavy atom. The van der Waals surface area contributed by atoms with Crippen LogP contribution in [0.15, 0.2) is 35.1 Å². The lowest BCUT2D eigenvalue weighted by atomic mass is 10.3. The molecule has 5 nitrogen and oxygen atoms in total. The third kappa shape index (κ3) is 1.25. The van der Waals surface area contributed by atoms with Gasteiger partial charge in [0, 0.05) is 0 Å². The Morgan fingerprint density at radius 2 is 1.80 bits per heavy atom. The Morgan fingerprint density at radius 3 is 2.60 bits per heavy atom. The van der Waals surface area contributed by atoms with Gasteiger partial charge in [0.05, 0.1) is 6.07 Å². The lowest BCUT2D eigenvalue weighted by molar-refractivity contribution is 0.342. The van der Waals surface area contributed by atoms with Gasteiger partial charge in [0.1, 0.15) is 0 Å². The molecule has 1 aromatic heterocycles. The van der Waals surface area contributed by atoms with Crippen LogP contribution in [0.3, 0.4) is 0 Å². The van der Waals surface area contributed by atoms with Gasteiger partial charge in [-0.15, -0.1) is 5.10 Å². The van der Waals surface area contributed by atoms with E-state index in [-0.39, 0.29) is 11.4 Å². The fourth-order valence-electron chi connectivity index (χ4n) is 1.36. The number of fused-ring (bicyclic) bond motifs is 2. The van der Waals surface area contributed by atoms with Crippen molar-refractivity contribution in [3.05, 3.63) is 40.7 Å². The van der Waals surface area contributed by atoms with E-state index in [9.17, 15) is 4.79 Å². The molecular formula is C10H6N2O3. The smallest absolute Gasteiger partial charge is 0.280 e. The minimum atomic E-state index is -0.322. The van der Waals surface area contributed by atoms with Crippen LogP contribution in [-0.4, -0.2) is 10.2 Å². The number of benzene rings is 1. The zero-order valence-corrected chi connectivity index (χ0v) is 7.56. The Bertz CT molecular complexity index is 577. The molecule has 0 spiro atoms. The van der Waals surface area contributed by atoms with Crippen molar-refractivity contribution in [3.63, 3.8) is 0 Å². The zero-order chi connectivity index (χ0) is 10.3. The first-order valence-electron chi connectivity index (χ1n) is 4.37. The third-order valence-corrected chi connectivity index (χ3v) is 2.02. The molecule has 0 bridgehead atoms. The fraction of sp³-hybridized carbons (Fsp3) is 0. The highest BCUT2D eigenvalue weighted by atomic mass is 16.6. The molecule has 0 saturated carbocycles. The van der Waals surface area contributed by atoms with Crippen molar-refractivity contribution in [1.82, 2.24) is 10.2 Å². The number of H-pyrrole nitrogens is 1. The molecule has 0 fully saturated rings. The van der Waals surface area contributed by atoms with Crippen molar-refractivity contribution in [2.24, 2.45) is 0 Å². The van der Waals surface area contributed by atoms with E-state index in [1.54, 1.807) is 12.1 Å². The van der Waals surface area contributed by atoms with Crippen LogP contribution >= 0.6 is 0 Å². The molecule has 0 aliphatic carbocycles. The Balaban J connectivity index is 2.15. The first-order valence-corrected chi connectivity index (χ1v) is 4.37. The van der Waals surface area contributed by atoms with Gasteiger partial charge in [-0.25, -0.2) is 5.10 Å². The molecule has 15 heavy (non-hydrogen) atoms. The second-order valence-corrected chi connectivity index (χ2v) is 3.05. The zero-order valence-electron chi connectivity index (χ0n) is 7.56. The standard InChI is InChI=1S/C10H6N2O3/c13-9-5-8-10(12-11-9)15-7-4-2-1-3-6(7)14-8/h1-5H,(H,11,13). The van der Waals surface area contributed by atoms with E-state index >= 15 is 0 Å². The molecule has 2 aromatic rings. The minimum Gasteiger partial charge on any atom is -0.447 e. The van der Waals surface area contributed by atoms with Crippen LogP contribution in [0.2, 0.25) is 0 Å². The van der Waals surface area contributed by atoms with Crippen LogP contribution in [0.1, 0.15) is 0 Å². The summed E-state index contributed by atoms with van der Waals surface area (Å²) in [5.41, 5.74) is -0.322. The van der Waals surface area contributed by atoms with Crippen molar-refractivity contribution >= 4 is 0 Å². The minimum absolute atomic E-state index is 0.272. The first-order chi connectivity index (χ1) is 7.33. The number of nitrogens with zero attached hydrogens (tertiary/aromatic N) is 1. The predicted molar refractivity (Wildman–Crippen MR) is 51.4 cm³/mol. The summed E-state index contributed by atoms with van der Waals surface area (Å²) in [6, 6.07) is 8.50. The summed E-state index contributed by atoms with van der Waals surface area (Å²) in [5.74, 6) is 1.77. The van der Waals surface area contributed by atoms with Crippen LogP contribution in [0.25, 0.3) is 0 Å². The summed E-state index contributed by atoms with van der Waals surface area (Å²) in [6.45, 7) is 0. The average molecular weight is 202 g/mol. The molecule has 0 unspecified atom stereocenters. The number of aromatic nitrogens is 2. The monoisotopic (exact) mass is 202 g/mol. The van der Waals surface area contributed by atoms with Crippen molar-refractivity contribution in [2.45, 2.75) is 0 Å². The molecule has 1 aromatic carbocycles. The topological polar surface area (TPSA) is 64.2 Å². The van der Waals surface area contributed by atoms with Gasteiger partial charge < -0.3 is 9.47 Å². The van der Waals surface area contributed by atoms with E-state index in [1.165, 1.54) is 6.07 Å². The quantitative estimate of drug-likeness (QED) is 0.602. The molecule has 0 saturated heterocycles. The van der Waals surface area contributed by atoms with E-state index in [2.05, 4.69) is 10.2 Å². The highest BCUT2D eigenvalue weighted by Crippen LogP contribution is 2.42. The molecule has 0 atom stereocenters. The van der Waals surface area contributed by atoms with Gasteiger partial charge in [0.2, 0.25) is 0 Å². The third-order valence-electron chi connectivity index (χ3n) is 2.02. The summed E-state index contributed by atoms with van der Waals surface area (Å²) in [7, 11) is 0. The normalized spacial score (nSPS) is 12.0. The summed E-state index contributed by atoms with van der Waals surface area (Å²) < 4.78 is 10.9. The highest BCUT2D eigenvalue weighted by Gasteiger charge is 2.19. The van der Waals surface area contributed by atoms with Crippen molar-refractivity contribution in [1.29, 1.82) is 0 Å². The highest BCUT2D eigenvalue weighted by molar-refractivity contribution is 5.50. The second kappa shape index (κ2) is 2.84. The molecule has 5 heteroatoms. The largest absolute Gasteiger partial charge is 0.447 e.